The van der Waals surface area contributed by atoms with E-state index in [2.05, 4.69) is 15.3 Å². The molecule has 0 unspecified atom stereocenters. The molecule has 0 aliphatic heterocycles. The van der Waals surface area contributed by atoms with Gasteiger partial charge in [-0.05, 0) is 42.5 Å². The number of hydrogen-bond donors (Lipinski definition) is 1. The largest absolute Gasteiger partial charge is 0.340 e. The number of para-hydroxylation sites is 1. The van der Waals surface area contributed by atoms with Crippen LogP contribution in [0.4, 0.5) is 15.9 Å². The molecule has 1 aromatic heterocycles. The average Bonchev–Trinajstić information content (AvgIpc) is 2.65. The Morgan fingerprint density at radius 3 is 2.38 bits per heavy atom. The maximum atomic E-state index is 14.2. The predicted octanol–water partition coefficient (Wildman–Crippen LogP) is 6.49. The number of benzene rings is 3. The first-order valence-electron chi connectivity index (χ1n) is 7.85. The predicted molar refractivity (Wildman–Crippen MR) is 105 cm³/mol. The van der Waals surface area contributed by atoms with Gasteiger partial charge in [0.25, 0.3) is 0 Å². The molecule has 3 nitrogen and oxygen atoms in total. The van der Waals surface area contributed by atoms with Crippen molar-refractivity contribution < 1.29 is 4.39 Å². The van der Waals surface area contributed by atoms with Crippen LogP contribution in [0, 0.1) is 5.82 Å². The molecular weight excluding hydrogens is 372 g/mol. The van der Waals surface area contributed by atoms with Gasteiger partial charge >= 0.3 is 0 Å². The standard InChI is InChI=1S/C20H12Cl2FN3/c21-15-10-9-12(11-16(15)22)24-20-14-6-2-4-8-18(14)25-19(26-20)13-5-1-3-7-17(13)23/h1-11H,(H,24,25,26). The number of anilines is 2. The van der Waals surface area contributed by atoms with Crippen molar-refractivity contribution in [3.8, 4) is 11.4 Å². The third-order valence-electron chi connectivity index (χ3n) is 3.90. The monoisotopic (exact) mass is 383 g/mol. The Labute approximate surface area is 159 Å². The summed E-state index contributed by atoms with van der Waals surface area (Å²) in [6.45, 7) is 0. The second-order valence-electron chi connectivity index (χ2n) is 5.65. The summed E-state index contributed by atoms with van der Waals surface area (Å²) >= 11 is 12.1. The Balaban J connectivity index is 1.87. The van der Waals surface area contributed by atoms with Crippen molar-refractivity contribution in [2.45, 2.75) is 0 Å². The zero-order valence-corrected chi connectivity index (χ0v) is 14.9. The quantitative estimate of drug-likeness (QED) is 0.439. The molecule has 6 heteroatoms. The van der Waals surface area contributed by atoms with E-state index < -0.39 is 0 Å². The Kier molecular flexibility index (Phi) is 4.45. The van der Waals surface area contributed by atoms with Gasteiger partial charge in [0.15, 0.2) is 5.82 Å². The van der Waals surface area contributed by atoms with E-state index in [9.17, 15) is 4.39 Å². The molecule has 4 aromatic rings. The smallest absolute Gasteiger partial charge is 0.165 e. The first-order valence-corrected chi connectivity index (χ1v) is 8.61. The van der Waals surface area contributed by atoms with Gasteiger partial charge in [-0.1, -0.05) is 47.5 Å². The van der Waals surface area contributed by atoms with Gasteiger partial charge in [0, 0.05) is 11.1 Å². The molecule has 0 aliphatic carbocycles. The fourth-order valence-electron chi connectivity index (χ4n) is 2.65. The van der Waals surface area contributed by atoms with Gasteiger partial charge in [-0.25, -0.2) is 14.4 Å². The molecular formula is C20H12Cl2FN3. The van der Waals surface area contributed by atoms with Crippen LogP contribution in [0.15, 0.2) is 66.7 Å². The zero-order chi connectivity index (χ0) is 18.1. The van der Waals surface area contributed by atoms with Crippen molar-refractivity contribution in [3.05, 3.63) is 82.6 Å². The van der Waals surface area contributed by atoms with Crippen molar-refractivity contribution in [1.29, 1.82) is 0 Å². The van der Waals surface area contributed by atoms with Gasteiger partial charge in [0.2, 0.25) is 0 Å². The number of fused-ring (bicyclic) bond motifs is 1. The summed E-state index contributed by atoms with van der Waals surface area (Å²) in [6, 6.07) is 19.2. The Hall–Kier alpha value is -2.69. The van der Waals surface area contributed by atoms with Gasteiger partial charge in [0.1, 0.15) is 11.6 Å². The van der Waals surface area contributed by atoms with E-state index in [0.717, 1.165) is 11.1 Å². The van der Waals surface area contributed by atoms with Gasteiger partial charge in [-0.15, -0.1) is 0 Å². The summed E-state index contributed by atoms with van der Waals surface area (Å²) in [5, 5.41) is 4.95. The SMILES string of the molecule is Fc1ccccc1-c1nc(Nc2ccc(Cl)c(Cl)c2)c2ccccc2n1. The zero-order valence-electron chi connectivity index (χ0n) is 13.4. The van der Waals surface area contributed by atoms with E-state index in [0.29, 0.717) is 32.8 Å². The van der Waals surface area contributed by atoms with E-state index in [1.807, 2.05) is 24.3 Å². The molecule has 0 saturated heterocycles. The van der Waals surface area contributed by atoms with Crippen molar-refractivity contribution in [2.75, 3.05) is 5.32 Å². The number of aromatic nitrogens is 2. The highest BCUT2D eigenvalue weighted by atomic mass is 35.5. The average molecular weight is 384 g/mol. The van der Waals surface area contributed by atoms with E-state index in [1.165, 1.54) is 6.07 Å². The molecule has 0 fully saturated rings. The lowest BCUT2D eigenvalue weighted by Crippen LogP contribution is -2.00. The fourth-order valence-corrected chi connectivity index (χ4v) is 2.94. The Bertz CT molecular complexity index is 1120. The highest BCUT2D eigenvalue weighted by Gasteiger charge is 2.13. The number of halogens is 3. The van der Waals surface area contributed by atoms with Gasteiger partial charge in [-0.3, -0.25) is 0 Å². The lowest BCUT2D eigenvalue weighted by molar-refractivity contribution is 0.630. The molecule has 0 radical (unpaired) electrons. The van der Waals surface area contributed by atoms with Crippen molar-refractivity contribution >= 4 is 45.6 Å². The third kappa shape index (κ3) is 3.21. The van der Waals surface area contributed by atoms with E-state index in [4.69, 9.17) is 23.2 Å². The van der Waals surface area contributed by atoms with Crippen LogP contribution in [-0.2, 0) is 0 Å². The lowest BCUT2D eigenvalue weighted by Gasteiger charge is -2.12. The highest BCUT2D eigenvalue weighted by molar-refractivity contribution is 6.42. The first kappa shape index (κ1) is 16.8. The van der Waals surface area contributed by atoms with Crippen molar-refractivity contribution in [3.63, 3.8) is 0 Å². The van der Waals surface area contributed by atoms with Crippen LogP contribution in [0.5, 0.6) is 0 Å². The molecule has 4 rings (SSSR count). The minimum absolute atomic E-state index is 0.310. The van der Waals surface area contributed by atoms with Crippen LogP contribution < -0.4 is 5.32 Å². The third-order valence-corrected chi connectivity index (χ3v) is 4.64. The van der Waals surface area contributed by atoms with E-state index in [1.54, 1.807) is 36.4 Å². The molecule has 0 bridgehead atoms. The summed E-state index contributed by atoms with van der Waals surface area (Å²) in [7, 11) is 0. The molecule has 0 aliphatic rings. The van der Waals surface area contributed by atoms with Crippen LogP contribution in [0.25, 0.3) is 22.3 Å². The maximum absolute atomic E-state index is 14.2. The minimum Gasteiger partial charge on any atom is -0.340 e. The molecule has 0 spiro atoms. The van der Waals surface area contributed by atoms with Gasteiger partial charge in [-0.2, -0.15) is 0 Å². The Morgan fingerprint density at radius 2 is 1.58 bits per heavy atom. The van der Waals surface area contributed by atoms with E-state index >= 15 is 0 Å². The summed E-state index contributed by atoms with van der Waals surface area (Å²) < 4.78 is 14.2. The normalized spacial score (nSPS) is 10.9. The Morgan fingerprint density at radius 1 is 0.808 bits per heavy atom. The second-order valence-corrected chi connectivity index (χ2v) is 6.46. The van der Waals surface area contributed by atoms with Crippen molar-refractivity contribution in [1.82, 2.24) is 9.97 Å². The summed E-state index contributed by atoms with van der Waals surface area (Å²) in [6.07, 6.45) is 0. The minimum atomic E-state index is -0.372. The number of hydrogen-bond acceptors (Lipinski definition) is 3. The molecule has 1 heterocycles. The summed E-state index contributed by atoms with van der Waals surface area (Å²) in [5.41, 5.74) is 1.78. The topological polar surface area (TPSA) is 37.8 Å². The van der Waals surface area contributed by atoms with E-state index in [-0.39, 0.29) is 5.82 Å². The summed E-state index contributed by atoms with van der Waals surface area (Å²) in [4.78, 5) is 9.04. The van der Waals surface area contributed by atoms with Crippen LogP contribution in [0.2, 0.25) is 10.0 Å². The molecule has 26 heavy (non-hydrogen) atoms. The number of nitrogens with one attached hydrogen (secondary N) is 1. The summed E-state index contributed by atoms with van der Waals surface area (Å²) in [5.74, 6) is 0.500. The maximum Gasteiger partial charge on any atom is 0.165 e. The molecule has 128 valence electrons. The van der Waals surface area contributed by atoms with Gasteiger partial charge < -0.3 is 5.32 Å². The lowest BCUT2D eigenvalue weighted by atomic mass is 10.1. The fraction of sp³-hybridized carbons (Fsp3) is 0. The first-order chi connectivity index (χ1) is 12.6. The van der Waals surface area contributed by atoms with Crippen LogP contribution in [0.1, 0.15) is 0 Å². The van der Waals surface area contributed by atoms with Crippen LogP contribution in [0.3, 0.4) is 0 Å². The molecule has 0 saturated carbocycles. The van der Waals surface area contributed by atoms with Crippen molar-refractivity contribution in [2.24, 2.45) is 0 Å². The molecule has 1 N–H and O–H groups in total. The second kappa shape index (κ2) is 6.90. The molecule has 0 atom stereocenters. The number of nitrogens with zero attached hydrogens (tertiary/aromatic N) is 2. The van der Waals surface area contributed by atoms with Crippen LogP contribution >= 0.6 is 23.2 Å². The molecule has 0 amide bonds. The van der Waals surface area contributed by atoms with Crippen LogP contribution in [-0.4, -0.2) is 9.97 Å². The highest BCUT2D eigenvalue weighted by Crippen LogP contribution is 2.30. The van der Waals surface area contributed by atoms with Gasteiger partial charge in [0.05, 0.1) is 21.1 Å². The number of rotatable bonds is 3. The molecule has 3 aromatic carbocycles.